The van der Waals surface area contributed by atoms with Gasteiger partial charge in [-0.15, -0.1) is 11.3 Å². The van der Waals surface area contributed by atoms with E-state index in [1.54, 1.807) is 23.7 Å². The highest BCUT2D eigenvalue weighted by atomic mass is 32.1. The van der Waals surface area contributed by atoms with Crippen LogP contribution in [0, 0.1) is 22.7 Å². The Morgan fingerprint density at radius 1 is 1.32 bits per heavy atom. The van der Waals surface area contributed by atoms with Crippen molar-refractivity contribution in [3.8, 4) is 17.3 Å². The summed E-state index contributed by atoms with van der Waals surface area (Å²) in [6, 6.07) is 6.27. The monoisotopic (exact) mass is 350 g/mol. The summed E-state index contributed by atoms with van der Waals surface area (Å²) in [4.78, 5) is 11.5. The Hall–Kier alpha value is -2.19. The lowest BCUT2D eigenvalue weighted by Crippen LogP contribution is -2.26. The van der Waals surface area contributed by atoms with Crippen LogP contribution in [0.5, 0.6) is 0 Å². The summed E-state index contributed by atoms with van der Waals surface area (Å²) in [5.41, 5.74) is 4.69. The number of fused-ring (bicyclic) bond motifs is 3. The first-order valence-electron chi connectivity index (χ1n) is 8.78. The largest absolute Gasteiger partial charge is 0.290 e. The van der Waals surface area contributed by atoms with Gasteiger partial charge in [0, 0.05) is 28.5 Å². The summed E-state index contributed by atoms with van der Waals surface area (Å²) in [5, 5.41) is 9.36. The topological polar surface area (TPSA) is 54.0 Å². The number of nitriles is 1. The molecule has 1 aliphatic carbocycles. The summed E-state index contributed by atoms with van der Waals surface area (Å²) < 4.78 is 2.26. The summed E-state index contributed by atoms with van der Waals surface area (Å²) in [7, 11) is 0. The van der Waals surface area contributed by atoms with Crippen molar-refractivity contribution in [1.29, 1.82) is 5.26 Å². The predicted octanol–water partition coefficient (Wildman–Crippen LogP) is 4.67. The fourth-order valence-electron chi connectivity index (χ4n) is 3.84. The second kappa shape index (κ2) is 5.96. The third-order valence-corrected chi connectivity index (χ3v) is 6.44. The molecule has 5 heteroatoms. The first-order chi connectivity index (χ1) is 12.0. The average molecular weight is 350 g/mol. The zero-order valence-corrected chi connectivity index (χ0v) is 15.7. The molecule has 0 N–H and O–H groups in total. The molecule has 3 heterocycles. The molecule has 0 amide bonds. The number of aromatic nitrogens is 3. The highest BCUT2D eigenvalue weighted by molar-refractivity contribution is 7.17. The molecule has 0 fully saturated rings. The van der Waals surface area contributed by atoms with Crippen molar-refractivity contribution in [2.75, 3.05) is 0 Å². The second-order valence-corrected chi connectivity index (χ2v) is 8.94. The molecule has 1 atom stereocenters. The van der Waals surface area contributed by atoms with E-state index in [-0.39, 0.29) is 0 Å². The summed E-state index contributed by atoms with van der Waals surface area (Å²) >= 11 is 1.80. The number of hydrogen-bond acceptors (Lipinski definition) is 4. The van der Waals surface area contributed by atoms with Gasteiger partial charge in [-0.05, 0) is 42.7 Å². The molecule has 3 aromatic rings. The lowest BCUT2D eigenvalue weighted by molar-refractivity contribution is 0.216. The molecule has 0 aromatic carbocycles. The number of hydrogen-bond donors (Lipinski definition) is 0. The molecule has 0 bridgehead atoms. The lowest BCUT2D eigenvalue weighted by atomic mass is 9.73. The van der Waals surface area contributed by atoms with Crippen LogP contribution >= 0.6 is 11.3 Å². The van der Waals surface area contributed by atoms with Crippen LogP contribution in [0.2, 0.25) is 0 Å². The van der Waals surface area contributed by atoms with E-state index in [0.717, 1.165) is 34.8 Å². The lowest BCUT2D eigenvalue weighted by Gasteiger charge is -2.33. The third-order valence-electron chi connectivity index (χ3n) is 5.33. The van der Waals surface area contributed by atoms with E-state index in [2.05, 4.69) is 36.2 Å². The summed E-state index contributed by atoms with van der Waals surface area (Å²) in [5.74, 6) is 0.711. The van der Waals surface area contributed by atoms with Crippen LogP contribution in [-0.2, 0) is 19.3 Å². The average Bonchev–Trinajstić information content (AvgIpc) is 3.11. The van der Waals surface area contributed by atoms with Gasteiger partial charge >= 0.3 is 0 Å². The molecule has 128 valence electrons. The Kier molecular flexibility index (Phi) is 3.88. The molecule has 1 aliphatic rings. The first-order valence-corrected chi connectivity index (χ1v) is 9.60. The van der Waals surface area contributed by atoms with Crippen LogP contribution in [0.15, 0.2) is 24.5 Å². The maximum atomic E-state index is 9.36. The number of thiazole rings is 1. The predicted molar refractivity (Wildman–Crippen MR) is 101 cm³/mol. The van der Waals surface area contributed by atoms with E-state index in [0.29, 0.717) is 17.8 Å². The van der Waals surface area contributed by atoms with Gasteiger partial charge in [-0.3, -0.25) is 9.38 Å². The zero-order chi connectivity index (χ0) is 17.6. The molecular weight excluding hydrogens is 328 g/mol. The number of rotatable bonds is 2. The quantitative estimate of drug-likeness (QED) is 0.674. The van der Waals surface area contributed by atoms with Gasteiger partial charge in [-0.25, -0.2) is 4.98 Å². The van der Waals surface area contributed by atoms with Crippen LogP contribution in [-0.4, -0.2) is 14.4 Å². The molecule has 25 heavy (non-hydrogen) atoms. The minimum Gasteiger partial charge on any atom is -0.290 e. The molecule has 4 rings (SSSR count). The minimum absolute atomic E-state index is 0.335. The van der Waals surface area contributed by atoms with Crippen LogP contribution in [0.1, 0.15) is 43.5 Å². The van der Waals surface area contributed by atoms with Gasteiger partial charge in [0.25, 0.3) is 0 Å². The Morgan fingerprint density at radius 3 is 2.76 bits per heavy atom. The summed E-state index contributed by atoms with van der Waals surface area (Å²) in [6.07, 6.45) is 7.34. The van der Waals surface area contributed by atoms with E-state index in [4.69, 9.17) is 4.98 Å². The van der Waals surface area contributed by atoms with Crippen molar-refractivity contribution >= 4 is 16.3 Å². The van der Waals surface area contributed by atoms with Crippen LogP contribution in [0.4, 0.5) is 0 Å². The standard InChI is InChI=1S/C20H22N4S/c1-20(2,3)14-4-5-15-17(12-14)25-19-23-18(13-7-10-22-11-8-13)16(6-9-21)24(15)19/h7-8,10-11,14H,4-6,12H2,1-3H3. The number of pyridine rings is 1. The Labute approximate surface area is 152 Å². The van der Waals surface area contributed by atoms with Crippen molar-refractivity contribution in [3.63, 3.8) is 0 Å². The van der Waals surface area contributed by atoms with Crippen LogP contribution in [0.25, 0.3) is 16.2 Å². The normalized spacial score (nSPS) is 17.4. The number of nitrogens with zero attached hydrogens (tertiary/aromatic N) is 4. The minimum atomic E-state index is 0.335. The van der Waals surface area contributed by atoms with Crippen molar-refractivity contribution < 1.29 is 0 Å². The van der Waals surface area contributed by atoms with E-state index in [1.807, 2.05) is 12.1 Å². The molecule has 0 spiro atoms. The third kappa shape index (κ3) is 2.75. The van der Waals surface area contributed by atoms with Crippen LogP contribution in [0.3, 0.4) is 0 Å². The van der Waals surface area contributed by atoms with Gasteiger partial charge in [0.1, 0.15) is 0 Å². The smallest absolute Gasteiger partial charge is 0.194 e. The molecule has 4 nitrogen and oxygen atoms in total. The molecule has 0 saturated carbocycles. The van der Waals surface area contributed by atoms with Gasteiger partial charge < -0.3 is 0 Å². The molecular formula is C20H22N4S. The van der Waals surface area contributed by atoms with Crippen molar-refractivity contribution in [2.45, 2.75) is 46.5 Å². The van der Waals surface area contributed by atoms with E-state index in [1.165, 1.54) is 17.0 Å². The van der Waals surface area contributed by atoms with E-state index < -0.39 is 0 Å². The number of aryl methyl sites for hydroxylation is 1. The Morgan fingerprint density at radius 2 is 2.08 bits per heavy atom. The maximum Gasteiger partial charge on any atom is 0.194 e. The van der Waals surface area contributed by atoms with Gasteiger partial charge in [-0.1, -0.05) is 20.8 Å². The molecule has 3 aromatic heterocycles. The van der Waals surface area contributed by atoms with Crippen molar-refractivity contribution in [3.05, 3.63) is 40.8 Å². The molecule has 1 unspecified atom stereocenters. The Bertz CT molecular complexity index is 954. The van der Waals surface area contributed by atoms with Crippen LogP contribution < -0.4 is 0 Å². The summed E-state index contributed by atoms with van der Waals surface area (Å²) in [6.45, 7) is 7.01. The van der Waals surface area contributed by atoms with E-state index in [9.17, 15) is 5.26 Å². The second-order valence-electron chi connectivity index (χ2n) is 7.87. The first kappa shape index (κ1) is 16.3. The fourth-order valence-corrected chi connectivity index (χ4v) is 5.10. The highest BCUT2D eigenvalue weighted by Crippen LogP contribution is 2.41. The van der Waals surface area contributed by atoms with Gasteiger partial charge in [0.15, 0.2) is 4.96 Å². The number of imidazole rings is 1. The fraction of sp³-hybridized carbons (Fsp3) is 0.450. The van der Waals surface area contributed by atoms with Crippen molar-refractivity contribution in [2.24, 2.45) is 11.3 Å². The molecule has 0 saturated heterocycles. The van der Waals surface area contributed by atoms with Crippen molar-refractivity contribution in [1.82, 2.24) is 14.4 Å². The van der Waals surface area contributed by atoms with Gasteiger partial charge in [0.05, 0.1) is 23.9 Å². The Balaban J connectivity index is 1.84. The molecule has 0 aliphatic heterocycles. The zero-order valence-electron chi connectivity index (χ0n) is 14.9. The SMILES string of the molecule is CC(C)(C)C1CCc2c(sc3nc(-c4ccncc4)c(CC#N)n23)C1. The molecule has 0 radical (unpaired) electrons. The highest BCUT2D eigenvalue weighted by Gasteiger charge is 2.32. The van der Waals surface area contributed by atoms with E-state index >= 15 is 0 Å². The van der Waals surface area contributed by atoms with Gasteiger partial charge in [-0.2, -0.15) is 5.26 Å². The maximum absolute atomic E-state index is 9.36. The van der Waals surface area contributed by atoms with Gasteiger partial charge in [0.2, 0.25) is 0 Å².